The molecule has 0 unspecified atom stereocenters. The maximum atomic E-state index is 7.28. The van der Waals surface area contributed by atoms with Gasteiger partial charge in [0.15, 0.2) is 11.9 Å². The van der Waals surface area contributed by atoms with E-state index in [4.69, 9.17) is 28.0 Å². The van der Waals surface area contributed by atoms with Gasteiger partial charge in [-0.15, -0.1) is 0 Å². The van der Waals surface area contributed by atoms with E-state index in [9.17, 15) is 0 Å². The van der Waals surface area contributed by atoms with Crippen molar-refractivity contribution in [2.45, 2.75) is 31.8 Å². The number of nitrogens with one attached hydrogen (secondary N) is 4. The second-order valence-corrected chi connectivity index (χ2v) is 3.35. The van der Waals surface area contributed by atoms with Crippen LogP contribution in [0.25, 0.3) is 0 Å². The summed E-state index contributed by atoms with van der Waals surface area (Å²) in [6.45, 7) is 0.679. The van der Waals surface area contributed by atoms with Gasteiger partial charge in [0.25, 0.3) is 0 Å². The van der Waals surface area contributed by atoms with E-state index >= 15 is 0 Å². The lowest BCUT2D eigenvalue weighted by Gasteiger charge is -2.08. The smallest absolute Gasteiger partial charge is 0.195 e. The fourth-order valence-corrected chi connectivity index (χ4v) is 1.07. The third kappa shape index (κ3) is 10.6. The molecule has 7 heteroatoms. The van der Waals surface area contributed by atoms with Crippen molar-refractivity contribution in [3.63, 3.8) is 0 Å². The molecule has 0 saturated heterocycles. The Labute approximate surface area is 89.8 Å². The molecule has 0 rings (SSSR count). The van der Waals surface area contributed by atoms with Crippen molar-refractivity contribution in [1.29, 1.82) is 10.8 Å². The van der Waals surface area contributed by atoms with Gasteiger partial charge in [-0.05, 0) is 12.8 Å². The van der Waals surface area contributed by atoms with Gasteiger partial charge in [-0.25, -0.2) is 0 Å². The first-order valence-electron chi connectivity index (χ1n) is 4.97. The van der Waals surface area contributed by atoms with Crippen LogP contribution < -0.4 is 27.8 Å². The highest BCUT2D eigenvalue weighted by atomic mass is 15.2. The number of nitrogens with two attached hydrogens (primary N) is 3. The summed E-state index contributed by atoms with van der Waals surface area (Å²) < 4.78 is 0. The monoisotopic (exact) mass is 215 g/mol. The van der Waals surface area contributed by atoms with Crippen molar-refractivity contribution in [3.05, 3.63) is 0 Å². The normalized spacial score (nSPS) is 10.1. The third-order valence-corrected chi connectivity index (χ3v) is 1.78. The lowest BCUT2D eigenvalue weighted by atomic mass is 10.2. The van der Waals surface area contributed by atoms with Gasteiger partial charge >= 0.3 is 0 Å². The van der Waals surface area contributed by atoms with Gasteiger partial charge in [-0.2, -0.15) is 0 Å². The molecule has 0 aromatic heterocycles. The van der Waals surface area contributed by atoms with Crippen molar-refractivity contribution < 1.29 is 0 Å². The zero-order chi connectivity index (χ0) is 11.7. The van der Waals surface area contributed by atoms with Crippen LogP contribution in [0.5, 0.6) is 0 Å². The minimum Gasteiger partial charge on any atom is -0.370 e. The molecule has 0 atom stereocenters. The number of hydrogen-bond acceptors (Lipinski definition) is 4. The Hall–Kier alpha value is -1.34. The summed E-state index contributed by atoms with van der Waals surface area (Å²) >= 11 is 0. The maximum absolute atomic E-state index is 7.28. The average molecular weight is 215 g/mol. The van der Waals surface area contributed by atoms with Crippen LogP contribution in [-0.2, 0) is 0 Å². The summed E-state index contributed by atoms with van der Waals surface area (Å²) in [6.07, 6.45) is 3.55. The quantitative estimate of drug-likeness (QED) is 0.128. The Kier molecular flexibility index (Phi) is 7.29. The number of guanidine groups is 2. The Morgan fingerprint density at radius 2 is 1.80 bits per heavy atom. The highest BCUT2D eigenvalue weighted by Gasteiger charge is 1.97. The van der Waals surface area contributed by atoms with E-state index in [1.807, 2.05) is 0 Å². The first-order valence-corrected chi connectivity index (χ1v) is 4.97. The molecule has 0 heterocycles. The summed E-state index contributed by atoms with van der Waals surface area (Å²) in [6, 6.07) is 0. The number of rotatable bonds is 6. The second kappa shape index (κ2) is 8.01. The zero-order valence-corrected chi connectivity index (χ0v) is 8.84. The van der Waals surface area contributed by atoms with E-state index < -0.39 is 0 Å². The molecule has 88 valence electrons. The van der Waals surface area contributed by atoms with Crippen LogP contribution in [0, 0.1) is 10.8 Å². The maximum Gasteiger partial charge on any atom is 0.195 e. The average Bonchev–Trinajstić information content (AvgIpc) is 2.09. The summed E-state index contributed by atoms with van der Waals surface area (Å²) in [5, 5.41) is 19.3. The summed E-state index contributed by atoms with van der Waals surface area (Å²) in [4.78, 5) is 0. The fraction of sp³-hybridized carbons (Fsp3) is 0.750. The standard InChI is InChI=1S/C8H21N7/c9-6(10)4-2-1-3-5-14-8(13)15-7(11)12/h6H,1-5,9-10H2,(H6,11,12,13,14,15). The van der Waals surface area contributed by atoms with Gasteiger partial charge in [0.05, 0.1) is 6.17 Å². The predicted octanol–water partition coefficient (Wildman–Crippen LogP) is -1.20. The molecule has 0 bridgehead atoms. The molecule has 0 aromatic carbocycles. The zero-order valence-electron chi connectivity index (χ0n) is 8.84. The minimum atomic E-state index is -0.235. The fourth-order valence-electron chi connectivity index (χ4n) is 1.07. The van der Waals surface area contributed by atoms with Gasteiger partial charge in [-0.3, -0.25) is 16.1 Å². The van der Waals surface area contributed by atoms with Gasteiger partial charge < -0.3 is 22.5 Å². The molecule has 0 aromatic rings. The summed E-state index contributed by atoms with van der Waals surface area (Å²) in [7, 11) is 0. The molecule has 0 saturated carbocycles. The third-order valence-electron chi connectivity index (χ3n) is 1.78. The molecule has 0 aliphatic heterocycles. The van der Waals surface area contributed by atoms with Gasteiger partial charge in [0.1, 0.15) is 0 Å². The largest absolute Gasteiger partial charge is 0.370 e. The van der Waals surface area contributed by atoms with Crippen molar-refractivity contribution in [2.24, 2.45) is 17.2 Å². The van der Waals surface area contributed by atoms with E-state index in [-0.39, 0.29) is 18.1 Å². The highest BCUT2D eigenvalue weighted by molar-refractivity contribution is 5.94. The Morgan fingerprint density at radius 3 is 2.33 bits per heavy atom. The van der Waals surface area contributed by atoms with Crippen LogP contribution in [0.3, 0.4) is 0 Å². The van der Waals surface area contributed by atoms with Crippen LogP contribution >= 0.6 is 0 Å². The molecule has 7 nitrogen and oxygen atoms in total. The molecule has 0 radical (unpaired) electrons. The Morgan fingerprint density at radius 1 is 1.13 bits per heavy atom. The molecule has 0 spiro atoms. The second-order valence-electron chi connectivity index (χ2n) is 3.35. The topological polar surface area (TPSA) is 150 Å². The molecular weight excluding hydrogens is 194 g/mol. The van der Waals surface area contributed by atoms with Crippen molar-refractivity contribution >= 4 is 11.9 Å². The first-order chi connectivity index (χ1) is 7.02. The van der Waals surface area contributed by atoms with Gasteiger partial charge in [0, 0.05) is 6.54 Å². The number of unbranched alkanes of at least 4 members (excludes halogenated alkanes) is 2. The predicted molar refractivity (Wildman–Crippen MR) is 61.4 cm³/mol. The van der Waals surface area contributed by atoms with E-state index in [1.165, 1.54) is 0 Å². The number of hydrogen-bond donors (Lipinski definition) is 7. The first kappa shape index (κ1) is 13.7. The summed E-state index contributed by atoms with van der Waals surface area (Å²) in [5.74, 6) is -0.181. The molecule has 0 amide bonds. The molecule has 10 N–H and O–H groups in total. The molecule has 15 heavy (non-hydrogen) atoms. The van der Waals surface area contributed by atoms with Gasteiger partial charge in [-0.1, -0.05) is 12.8 Å². The summed E-state index contributed by atoms with van der Waals surface area (Å²) in [5.41, 5.74) is 15.8. The van der Waals surface area contributed by atoms with E-state index in [0.29, 0.717) is 6.54 Å². The van der Waals surface area contributed by atoms with Crippen molar-refractivity contribution in [3.8, 4) is 0 Å². The van der Waals surface area contributed by atoms with Crippen molar-refractivity contribution in [1.82, 2.24) is 10.6 Å². The van der Waals surface area contributed by atoms with E-state index in [0.717, 1.165) is 25.7 Å². The highest BCUT2D eigenvalue weighted by Crippen LogP contribution is 1.98. The van der Waals surface area contributed by atoms with Crippen LogP contribution in [-0.4, -0.2) is 24.6 Å². The lowest BCUT2D eigenvalue weighted by molar-refractivity contribution is 0.561. The SMILES string of the molecule is N=C(N)NC(=N)NCCCCCC(N)N. The Bertz CT molecular complexity index is 201. The van der Waals surface area contributed by atoms with Crippen LogP contribution in [0.4, 0.5) is 0 Å². The van der Waals surface area contributed by atoms with Crippen molar-refractivity contribution in [2.75, 3.05) is 6.54 Å². The molecule has 0 aliphatic rings. The van der Waals surface area contributed by atoms with Gasteiger partial charge in [0.2, 0.25) is 0 Å². The Balaban J connectivity index is 3.24. The molecule has 0 aliphatic carbocycles. The van der Waals surface area contributed by atoms with Crippen LogP contribution in [0.15, 0.2) is 0 Å². The van der Waals surface area contributed by atoms with E-state index in [2.05, 4.69) is 10.6 Å². The molecular formula is C8H21N7. The van der Waals surface area contributed by atoms with Crippen LogP contribution in [0.2, 0.25) is 0 Å². The van der Waals surface area contributed by atoms with Crippen LogP contribution in [0.1, 0.15) is 25.7 Å². The lowest BCUT2D eigenvalue weighted by Crippen LogP contribution is -2.43. The molecule has 0 fully saturated rings. The minimum absolute atomic E-state index is 0.0537. The van der Waals surface area contributed by atoms with E-state index in [1.54, 1.807) is 0 Å².